The van der Waals surface area contributed by atoms with Crippen LogP contribution in [0.3, 0.4) is 0 Å². The van der Waals surface area contributed by atoms with Gasteiger partial charge in [0.15, 0.2) is 6.10 Å². The number of carboxylic acid groups (broad SMARTS) is 1. The molecule has 0 aromatic rings. The van der Waals surface area contributed by atoms with E-state index >= 15 is 0 Å². The molecular formula is C42H61NO7. The second-order valence-electron chi connectivity index (χ2n) is 12.2. The van der Waals surface area contributed by atoms with Gasteiger partial charge in [0.1, 0.15) is 12.6 Å². The van der Waals surface area contributed by atoms with Crippen molar-refractivity contribution in [2.24, 2.45) is 0 Å². The van der Waals surface area contributed by atoms with E-state index in [1.807, 2.05) is 109 Å². The molecule has 0 amide bonds. The molecule has 0 rings (SSSR count). The first-order valence-corrected chi connectivity index (χ1v) is 17.7. The number of quaternary nitrogens is 1. The Morgan fingerprint density at radius 1 is 0.600 bits per heavy atom. The van der Waals surface area contributed by atoms with E-state index in [2.05, 4.69) is 26.0 Å². The lowest BCUT2D eigenvalue weighted by Gasteiger charge is -2.34. The Labute approximate surface area is 301 Å². The molecule has 0 spiro atoms. The van der Waals surface area contributed by atoms with Gasteiger partial charge in [-0.1, -0.05) is 135 Å². The number of ether oxygens (including phenoxy) is 3. The van der Waals surface area contributed by atoms with Crippen molar-refractivity contribution in [3.8, 4) is 0 Å². The fraction of sp³-hybridized carbons (Fsp3) is 0.452. The van der Waals surface area contributed by atoms with Crippen LogP contribution in [0.15, 0.2) is 122 Å². The van der Waals surface area contributed by atoms with Gasteiger partial charge in [-0.3, -0.25) is 9.59 Å². The normalized spacial score (nSPS) is 14.5. The molecule has 276 valence electrons. The Hall–Kier alpha value is -4.27. The maximum absolute atomic E-state index is 12.6. The SMILES string of the molecule is CC/C=C/C=C/C=C/C=C/C=C/CCCC(=O)OCC(COCCC(C(=O)[O-])[N+](C)(C)C)OC(=O)CCC/C=C/C=C/C=C/C=C/C=C/CC. The summed E-state index contributed by atoms with van der Waals surface area (Å²) < 4.78 is 16.9. The fourth-order valence-electron chi connectivity index (χ4n) is 4.13. The highest BCUT2D eigenvalue weighted by Gasteiger charge is 2.25. The summed E-state index contributed by atoms with van der Waals surface area (Å²) in [7, 11) is 5.32. The van der Waals surface area contributed by atoms with Gasteiger partial charge in [0.25, 0.3) is 0 Å². The van der Waals surface area contributed by atoms with Gasteiger partial charge in [0, 0.05) is 19.3 Å². The molecule has 0 saturated carbocycles. The second-order valence-corrected chi connectivity index (χ2v) is 12.2. The molecule has 0 N–H and O–H groups in total. The van der Waals surface area contributed by atoms with Gasteiger partial charge in [0.2, 0.25) is 0 Å². The zero-order chi connectivity index (χ0) is 37.1. The summed E-state index contributed by atoms with van der Waals surface area (Å²) in [5.41, 5.74) is 0. The Kier molecular flexibility index (Phi) is 29.2. The molecule has 0 aromatic carbocycles. The average Bonchev–Trinajstić information content (AvgIpc) is 3.06. The molecule has 2 unspecified atom stereocenters. The Balaban J connectivity index is 4.76. The number of rotatable bonds is 28. The van der Waals surface area contributed by atoms with E-state index in [4.69, 9.17) is 14.2 Å². The molecule has 0 saturated heterocycles. The molecule has 0 aromatic heterocycles. The number of carboxylic acids is 1. The van der Waals surface area contributed by atoms with E-state index in [0.717, 1.165) is 12.8 Å². The third-order valence-corrected chi connectivity index (χ3v) is 6.85. The van der Waals surface area contributed by atoms with E-state index < -0.39 is 24.1 Å². The summed E-state index contributed by atoms with van der Waals surface area (Å²) in [6, 6.07) is -0.756. The van der Waals surface area contributed by atoms with Gasteiger partial charge in [-0.05, 0) is 38.5 Å². The highest BCUT2D eigenvalue weighted by atomic mass is 16.6. The van der Waals surface area contributed by atoms with Gasteiger partial charge in [-0.25, -0.2) is 0 Å². The van der Waals surface area contributed by atoms with Crippen LogP contribution >= 0.6 is 0 Å². The number of likely N-dealkylation sites (N-methyl/N-ethyl adjacent to an activating group) is 1. The van der Waals surface area contributed by atoms with Gasteiger partial charge in [0.05, 0.1) is 40.3 Å². The third kappa shape index (κ3) is 29.8. The number of carbonyl (C=O) groups excluding carboxylic acids is 3. The molecule has 0 fully saturated rings. The molecule has 0 aliphatic heterocycles. The van der Waals surface area contributed by atoms with Crippen LogP contribution in [-0.2, 0) is 28.6 Å². The molecule has 0 bridgehead atoms. The van der Waals surface area contributed by atoms with Gasteiger partial charge < -0.3 is 28.6 Å². The van der Waals surface area contributed by atoms with Crippen LogP contribution in [0.4, 0.5) is 0 Å². The number of nitrogens with zero attached hydrogens (tertiary/aromatic N) is 1. The number of aliphatic carboxylic acids is 1. The number of carbonyl (C=O) groups is 3. The summed E-state index contributed by atoms with van der Waals surface area (Å²) in [5, 5.41) is 11.6. The Morgan fingerprint density at radius 3 is 1.44 bits per heavy atom. The minimum Gasteiger partial charge on any atom is -0.544 e. The second kappa shape index (κ2) is 32.0. The molecule has 0 aliphatic rings. The van der Waals surface area contributed by atoms with Gasteiger partial charge in [-0.15, -0.1) is 0 Å². The lowest BCUT2D eigenvalue weighted by Crippen LogP contribution is -2.55. The smallest absolute Gasteiger partial charge is 0.306 e. The minimum absolute atomic E-state index is 0.0209. The van der Waals surface area contributed by atoms with Gasteiger partial charge >= 0.3 is 11.9 Å². The molecule has 0 aliphatic carbocycles. The largest absolute Gasteiger partial charge is 0.544 e. The summed E-state index contributed by atoms with van der Waals surface area (Å²) in [6.45, 7) is 4.15. The van der Waals surface area contributed by atoms with Crippen molar-refractivity contribution >= 4 is 17.9 Å². The first-order chi connectivity index (χ1) is 24.1. The number of hydrogen-bond donors (Lipinski definition) is 0. The van der Waals surface area contributed by atoms with E-state index in [1.165, 1.54) is 0 Å². The highest BCUT2D eigenvalue weighted by Crippen LogP contribution is 2.09. The first-order valence-electron chi connectivity index (χ1n) is 17.7. The predicted molar refractivity (Wildman–Crippen MR) is 203 cm³/mol. The summed E-state index contributed by atoms with van der Waals surface area (Å²) in [4.78, 5) is 36.5. The van der Waals surface area contributed by atoms with Crippen LogP contribution in [0.2, 0.25) is 0 Å². The number of hydrogen-bond acceptors (Lipinski definition) is 7. The van der Waals surface area contributed by atoms with Crippen LogP contribution < -0.4 is 5.11 Å². The maximum Gasteiger partial charge on any atom is 0.306 e. The Bertz CT molecular complexity index is 1220. The molecular weight excluding hydrogens is 630 g/mol. The molecule has 50 heavy (non-hydrogen) atoms. The summed E-state index contributed by atoms with van der Waals surface area (Å²) in [5.74, 6) is -1.96. The van der Waals surface area contributed by atoms with Crippen LogP contribution in [0.5, 0.6) is 0 Å². The molecule has 8 nitrogen and oxygen atoms in total. The van der Waals surface area contributed by atoms with Gasteiger partial charge in [-0.2, -0.15) is 0 Å². The van der Waals surface area contributed by atoms with Crippen LogP contribution in [0, 0.1) is 0 Å². The zero-order valence-corrected chi connectivity index (χ0v) is 31.0. The Morgan fingerprint density at radius 2 is 1.02 bits per heavy atom. The molecule has 0 radical (unpaired) electrons. The van der Waals surface area contributed by atoms with Crippen LogP contribution in [-0.4, -0.2) is 75.5 Å². The van der Waals surface area contributed by atoms with Crippen molar-refractivity contribution in [1.82, 2.24) is 0 Å². The molecule has 2 atom stereocenters. The fourth-order valence-corrected chi connectivity index (χ4v) is 4.13. The molecule has 8 heteroatoms. The van der Waals surface area contributed by atoms with Crippen molar-refractivity contribution in [2.75, 3.05) is 41.0 Å². The third-order valence-electron chi connectivity index (χ3n) is 6.85. The molecule has 0 heterocycles. The van der Waals surface area contributed by atoms with E-state index in [-0.39, 0.29) is 49.5 Å². The average molecular weight is 692 g/mol. The highest BCUT2D eigenvalue weighted by molar-refractivity contribution is 5.70. The van der Waals surface area contributed by atoms with E-state index in [0.29, 0.717) is 25.7 Å². The van der Waals surface area contributed by atoms with Crippen LogP contribution in [0.25, 0.3) is 0 Å². The predicted octanol–water partition coefficient (Wildman–Crippen LogP) is 7.40. The van der Waals surface area contributed by atoms with Crippen molar-refractivity contribution in [3.63, 3.8) is 0 Å². The number of allylic oxidation sites excluding steroid dienone is 20. The first kappa shape index (κ1) is 45.7. The zero-order valence-electron chi connectivity index (χ0n) is 31.0. The maximum atomic E-state index is 12.6. The van der Waals surface area contributed by atoms with E-state index in [9.17, 15) is 19.5 Å². The van der Waals surface area contributed by atoms with Crippen molar-refractivity contribution in [1.29, 1.82) is 0 Å². The minimum atomic E-state index is -1.15. The van der Waals surface area contributed by atoms with Crippen LogP contribution in [0.1, 0.15) is 71.6 Å². The van der Waals surface area contributed by atoms with Crippen molar-refractivity contribution in [2.45, 2.75) is 83.8 Å². The van der Waals surface area contributed by atoms with E-state index in [1.54, 1.807) is 21.1 Å². The lowest BCUT2D eigenvalue weighted by atomic mass is 10.1. The quantitative estimate of drug-likeness (QED) is 0.0365. The lowest BCUT2D eigenvalue weighted by molar-refractivity contribution is -0.889. The monoisotopic (exact) mass is 691 g/mol. The van der Waals surface area contributed by atoms with Crippen molar-refractivity contribution < 1.29 is 38.2 Å². The number of esters is 2. The topological polar surface area (TPSA) is 102 Å². The van der Waals surface area contributed by atoms with Crippen molar-refractivity contribution in [3.05, 3.63) is 122 Å². The summed E-state index contributed by atoms with van der Waals surface area (Å²) >= 11 is 0. The number of unbranched alkanes of at least 4 members (excludes halogenated alkanes) is 2. The standard InChI is InChI=1S/C42H61NO7/c1-6-8-10-12-14-16-18-20-22-24-26-28-30-32-40(44)49-37-38(36-48-35-34-39(42(46)47)43(3,4)5)50-41(45)33-31-29-27-25-23-21-19-17-15-13-11-9-7-2/h8-27,38-39H,6-7,28-37H2,1-5H3/b10-8+,11-9+,14-12+,15-13+,18-16+,19-17+,22-20+,23-21+,26-24+,27-25+. The summed E-state index contributed by atoms with van der Waals surface area (Å²) in [6.07, 6.45) is 44.0.